The van der Waals surface area contributed by atoms with Gasteiger partial charge in [0.05, 0.1) is 5.56 Å². The van der Waals surface area contributed by atoms with Crippen LogP contribution in [0.2, 0.25) is 0 Å². The summed E-state index contributed by atoms with van der Waals surface area (Å²) in [5.74, 6) is -0.891. The second kappa shape index (κ2) is 5.58. The third kappa shape index (κ3) is 2.62. The van der Waals surface area contributed by atoms with Gasteiger partial charge >= 0.3 is 5.97 Å². The van der Waals surface area contributed by atoms with E-state index in [2.05, 4.69) is 21.7 Å². The molecule has 1 aromatic heterocycles. The first-order valence-corrected chi connectivity index (χ1v) is 7.58. The number of aromatic carboxylic acids is 1. The summed E-state index contributed by atoms with van der Waals surface area (Å²) in [4.78, 5) is 13.5. The molecule has 21 heavy (non-hydrogen) atoms. The molecule has 106 valence electrons. The van der Waals surface area contributed by atoms with Crippen molar-refractivity contribution in [3.05, 3.63) is 64.4 Å². The number of rotatable bonds is 4. The maximum atomic E-state index is 11.3. The Hall–Kier alpha value is -2.33. The minimum atomic E-state index is -0.891. The van der Waals surface area contributed by atoms with E-state index >= 15 is 0 Å². The van der Waals surface area contributed by atoms with Crippen LogP contribution in [0.5, 0.6) is 0 Å². The topological polar surface area (TPSA) is 40.5 Å². The molecule has 2 aromatic carbocycles. The highest BCUT2D eigenvalue weighted by Crippen LogP contribution is 2.30. The molecule has 1 heterocycles. The number of carboxylic acids is 1. The number of carboxylic acid groups (broad SMARTS) is 1. The molecule has 3 nitrogen and oxygen atoms in total. The normalized spacial score (nSPS) is 10.7. The Morgan fingerprint density at radius 1 is 1.14 bits per heavy atom. The number of hydrogen-bond acceptors (Lipinski definition) is 3. The van der Waals surface area contributed by atoms with Crippen LogP contribution in [0.25, 0.3) is 10.8 Å². The van der Waals surface area contributed by atoms with E-state index in [-0.39, 0.29) is 0 Å². The molecule has 0 aliphatic carbocycles. The molecule has 0 saturated carbocycles. The highest BCUT2D eigenvalue weighted by atomic mass is 32.1. The van der Waals surface area contributed by atoms with Crippen LogP contribution in [-0.4, -0.2) is 18.1 Å². The molecular formula is C17H15NO2S. The Bertz CT molecular complexity index is 781. The Labute approximate surface area is 127 Å². The lowest BCUT2D eigenvalue weighted by molar-refractivity contribution is 0.0699. The largest absolute Gasteiger partial charge is 0.478 e. The van der Waals surface area contributed by atoms with E-state index in [1.165, 1.54) is 5.56 Å². The number of fused-ring (bicyclic) bond motifs is 1. The fraction of sp³-hybridized carbons (Fsp3) is 0.118. The van der Waals surface area contributed by atoms with Crippen LogP contribution in [0.4, 0.5) is 5.69 Å². The highest BCUT2D eigenvalue weighted by Gasteiger charge is 2.13. The molecule has 0 fully saturated rings. The van der Waals surface area contributed by atoms with E-state index in [1.54, 1.807) is 17.4 Å². The summed E-state index contributed by atoms with van der Waals surface area (Å²) < 4.78 is 0. The molecule has 0 spiro atoms. The van der Waals surface area contributed by atoms with Gasteiger partial charge in [0, 0.05) is 24.7 Å². The first-order chi connectivity index (χ1) is 10.2. The lowest BCUT2D eigenvalue weighted by Crippen LogP contribution is -2.16. The van der Waals surface area contributed by atoms with Gasteiger partial charge < -0.3 is 10.0 Å². The van der Waals surface area contributed by atoms with Crippen LogP contribution in [-0.2, 0) is 6.54 Å². The lowest BCUT2D eigenvalue weighted by atomic mass is 10.0. The first kappa shape index (κ1) is 13.6. The van der Waals surface area contributed by atoms with Crippen molar-refractivity contribution in [3.63, 3.8) is 0 Å². The van der Waals surface area contributed by atoms with E-state index < -0.39 is 5.97 Å². The maximum Gasteiger partial charge on any atom is 0.336 e. The van der Waals surface area contributed by atoms with E-state index in [9.17, 15) is 9.90 Å². The van der Waals surface area contributed by atoms with Crippen LogP contribution >= 0.6 is 11.3 Å². The zero-order valence-corrected chi connectivity index (χ0v) is 12.4. The molecule has 0 aliphatic heterocycles. The van der Waals surface area contributed by atoms with Gasteiger partial charge in [-0.15, -0.1) is 0 Å². The van der Waals surface area contributed by atoms with Crippen molar-refractivity contribution in [3.8, 4) is 0 Å². The van der Waals surface area contributed by atoms with Crippen molar-refractivity contribution < 1.29 is 9.90 Å². The second-order valence-electron chi connectivity index (χ2n) is 4.97. The average molecular weight is 297 g/mol. The average Bonchev–Trinajstić information content (AvgIpc) is 2.98. The number of anilines is 1. The van der Waals surface area contributed by atoms with Crippen molar-refractivity contribution in [2.45, 2.75) is 6.54 Å². The molecule has 0 saturated heterocycles. The standard InChI is InChI=1S/C17H15NO2S/c1-18(10-12-8-9-21-11-12)16-7-6-15(17(19)20)13-4-2-3-5-14(13)16/h2-9,11H,10H2,1H3,(H,19,20). The van der Waals surface area contributed by atoms with Crippen molar-refractivity contribution in [1.82, 2.24) is 0 Å². The minimum absolute atomic E-state index is 0.346. The number of thiophene rings is 1. The van der Waals surface area contributed by atoms with Gasteiger partial charge in [-0.25, -0.2) is 4.79 Å². The van der Waals surface area contributed by atoms with Crippen molar-refractivity contribution in [2.75, 3.05) is 11.9 Å². The highest BCUT2D eigenvalue weighted by molar-refractivity contribution is 7.07. The van der Waals surface area contributed by atoms with Crippen LogP contribution in [0, 0.1) is 0 Å². The van der Waals surface area contributed by atoms with Crippen LogP contribution in [0.1, 0.15) is 15.9 Å². The SMILES string of the molecule is CN(Cc1ccsc1)c1ccc(C(=O)O)c2ccccc12. The quantitative estimate of drug-likeness (QED) is 0.783. The van der Waals surface area contributed by atoms with E-state index in [4.69, 9.17) is 0 Å². The van der Waals surface area contributed by atoms with E-state index in [1.807, 2.05) is 37.4 Å². The Balaban J connectivity index is 2.07. The molecule has 0 unspecified atom stereocenters. The summed E-state index contributed by atoms with van der Waals surface area (Å²) in [6.45, 7) is 0.805. The summed E-state index contributed by atoms with van der Waals surface area (Å²) in [6, 6.07) is 13.3. The third-order valence-corrected chi connectivity index (χ3v) is 4.27. The number of hydrogen-bond donors (Lipinski definition) is 1. The van der Waals surface area contributed by atoms with Gasteiger partial charge in [0.1, 0.15) is 0 Å². The second-order valence-corrected chi connectivity index (χ2v) is 5.75. The molecule has 0 amide bonds. The van der Waals surface area contributed by atoms with Gasteiger partial charge in [-0.05, 0) is 39.9 Å². The maximum absolute atomic E-state index is 11.3. The van der Waals surface area contributed by atoms with Crippen LogP contribution in [0.3, 0.4) is 0 Å². The zero-order chi connectivity index (χ0) is 14.8. The fourth-order valence-corrected chi connectivity index (χ4v) is 3.20. The van der Waals surface area contributed by atoms with Crippen LogP contribution in [0.15, 0.2) is 53.2 Å². The number of benzene rings is 2. The van der Waals surface area contributed by atoms with E-state index in [0.717, 1.165) is 23.0 Å². The Morgan fingerprint density at radius 2 is 1.90 bits per heavy atom. The summed E-state index contributed by atoms with van der Waals surface area (Å²) in [5.41, 5.74) is 2.65. The number of nitrogens with zero attached hydrogens (tertiary/aromatic N) is 1. The van der Waals surface area contributed by atoms with Crippen molar-refractivity contribution in [2.24, 2.45) is 0 Å². The monoisotopic (exact) mass is 297 g/mol. The molecule has 3 aromatic rings. The summed E-state index contributed by atoms with van der Waals surface area (Å²) in [5, 5.41) is 15.2. The molecule has 1 N–H and O–H groups in total. The molecule has 4 heteroatoms. The molecule has 0 bridgehead atoms. The summed E-state index contributed by atoms with van der Waals surface area (Å²) in [7, 11) is 2.03. The van der Waals surface area contributed by atoms with Crippen LogP contribution < -0.4 is 4.90 Å². The Kier molecular flexibility index (Phi) is 3.62. The third-order valence-electron chi connectivity index (χ3n) is 3.54. The summed E-state index contributed by atoms with van der Waals surface area (Å²) >= 11 is 1.68. The minimum Gasteiger partial charge on any atom is -0.478 e. The molecular weight excluding hydrogens is 282 g/mol. The van der Waals surface area contributed by atoms with Gasteiger partial charge in [0.2, 0.25) is 0 Å². The number of carbonyl (C=O) groups is 1. The predicted octanol–water partition coefficient (Wildman–Crippen LogP) is 4.24. The molecule has 3 rings (SSSR count). The molecule has 0 radical (unpaired) electrons. The smallest absolute Gasteiger partial charge is 0.336 e. The van der Waals surface area contributed by atoms with Crippen molar-refractivity contribution >= 4 is 33.8 Å². The predicted molar refractivity (Wildman–Crippen MR) is 87.3 cm³/mol. The van der Waals surface area contributed by atoms with Gasteiger partial charge in [-0.1, -0.05) is 24.3 Å². The fourth-order valence-electron chi connectivity index (χ4n) is 2.54. The summed E-state index contributed by atoms with van der Waals surface area (Å²) in [6.07, 6.45) is 0. The van der Waals surface area contributed by atoms with Gasteiger partial charge in [-0.3, -0.25) is 0 Å². The first-order valence-electron chi connectivity index (χ1n) is 6.64. The van der Waals surface area contributed by atoms with E-state index in [0.29, 0.717) is 5.56 Å². The van der Waals surface area contributed by atoms with Gasteiger partial charge in [0.25, 0.3) is 0 Å². The van der Waals surface area contributed by atoms with Gasteiger partial charge in [-0.2, -0.15) is 11.3 Å². The van der Waals surface area contributed by atoms with Gasteiger partial charge in [0.15, 0.2) is 0 Å². The molecule has 0 atom stereocenters. The zero-order valence-electron chi connectivity index (χ0n) is 11.6. The molecule has 0 aliphatic rings. The Morgan fingerprint density at radius 3 is 2.57 bits per heavy atom. The lowest BCUT2D eigenvalue weighted by Gasteiger charge is -2.21. The van der Waals surface area contributed by atoms with Crippen molar-refractivity contribution in [1.29, 1.82) is 0 Å².